The van der Waals surface area contributed by atoms with Crippen LogP contribution < -0.4 is 0 Å². The molecule has 1 aromatic heterocycles. The molecule has 5 heteroatoms. The SMILES string of the molecule is C[C@]1(N2CCC(c3cc4ccncc4cc3Cl)CC2)COC[C@H]1F. The molecule has 3 nitrogen and oxygen atoms in total. The summed E-state index contributed by atoms with van der Waals surface area (Å²) in [6, 6.07) is 6.22. The second-order valence-corrected chi connectivity index (χ2v) is 7.60. The molecule has 2 aliphatic rings. The zero-order valence-corrected chi connectivity index (χ0v) is 14.6. The van der Waals surface area contributed by atoms with Gasteiger partial charge in [0.1, 0.15) is 6.17 Å². The Morgan fingerprint density at radius 3 is 2.79 bits per heavy atom. The van der Waals surface area contributed by atoms with Crippen molar-refractivity contribution >= 4 is 22.4 Å². The number of hydrogen-bond donors (Lipinski definition) is 0. The molecule has 2 aromatic rings. The first-order chi connectivity index (χ1) is 11.6. The largest absolute Gasteiger partial charge is 0.376 e. The standard InChI is InChI=1S/C19H22ClFN2O/c1-19(12-24-11-18(19)21)23-6-3-13(4-7-23)16-8-14-2-5-22-10-15(14)9-17(16)20/h2,5,8-10,13,18H,3-4,6-7,11-12H2,1H3/t18-,19+/m1/s1. The van der Waals surface area contributed by atoms with Gasteiger partial charge in [0.25, 0.3) is 0 Å². The molecule has 2 atom stereocenters. The highest BCUT2D eigenvalue weighted by Gasteiger charge is 2.46. The predicted octanol–water partition coefficient (Wildman–Crippen LogP) is 4.19. The van der Waals surface area contributed by atoms with Gasteiger partial charge in [0.05, 0.1) is 18.8 Å². The van der Waals surface area contributed by atoms with Crippen molar-refractivity contribution in [3.05, 3.63) is 41.2 Å². The molecule has 24 heavy (non-hydrogen) atoms. The van der Waals surface area contributed by atoms with Crippen molar-refractivity contribution in [2.45, 2.75) is 37.4 Å². The Balaban J connectivity index is 1.53. The minimum absolute atomic E-state index is 0.223. The van der Waals surface area contributed by atoms with Crippen LogP contribution >= 0.6 is 11.6 Å². The van der Waals surface area contributed by atoms with Crippen LogP contribution in [0, 0.1) is 0 Å². The Labute approximate surface area is 146 Å². The summed E-state index contributed by atoms with van der Waals surface area (Å²) < 4.78 is 19.6. The smallest absolute Gasteiger partial charge is 0.144 e. The number of ether oxygens (including phenoxy) is 1. The van der Waals surface area contributed by atoms with E-state index in [9.17, 15) is 4.39 Å². The number of pyridine rings is 1. The fourth-order valence-electron chi connectivity index (χ4n) is 4.07. The van der Waals surface area contributed by atoms with Gasteiger partial charge >= 0.3 is 0 Å². The topological polar surface area (TPSA) is 25.4 Å². The first-order valence-electron chi connectivity index (χ1n) is 8.58. The number of piperidine rings is 1. The monoisotopic (exact) mass is 348 g/mol. The van der Waals surface area contributed by atoms with E-state index in [0.29, 0.717) is 12.5 Å². The molecule has 0 amide bonds. The summed E-state index contributed by atoms with van der Waals surface area (Å²) >= 11 is 6.53. The number of hydrogen-bond acceptors (Lipinski definition) is 3. The number of alkyl halides is 1. The predicted molar refractivity (Wildman–Crippen MR) is 94.4 cm³/mol. The van der Waals surface area contributed by atoms with E-state index in [2.05, 4.69) is 16.0 Å². The maximum atomic E-state index is 14.2. The molecule has 4 rings (SSSR count). The average molecular weight is 349 g/mol. The van der Waals surface area contributed by atoms with Crippen molar-refractivity contribution in [3.63, 3.8) is 0 Å². The fourth-order valence-corrected chi connectivity index (χ4v) is 4.39. The molecule has 0 radical (unpaired) electrons. The van der Waals surface area contributed by atoms with Crippen LogP contribution in [0.4, 0.5) is 4.39 Å². The van der Waals surface area contributed by atoms with Gasteiger partial charge in [-0.25, -0.2) is 4.39 Å². The lowest BCUT2D eigenvalue weighted by Gasteiger charge is -2.43. The van der Waals surface area contributed by atoms with Crippen molar-refractivity contribution in [2.24, 2.45) is 0 Å². The molecule has 0 bridgehead atoms. The number of rotatable bonds is 2. The van der Waals surface area contributed by atoms with Crippen LogP contribution in [0.3, 0.4) is 0 Å². The zero-order valence-electron chi connectivity index (χ0n) is 13.8. The summed E-state index contributed by atoms with van der Waals surface area (Å²) in [6.07, 6.45) is 4.75. The van der Waals surface area contributed by atoms with Gasteiger partial charge in [-0.3, -0.25) is 9.88 Å². The van der Waals surface area contributed by atoms with Crippen molar-refractivity contribution in [3.8, 4) is 0 Å². The molecule has 2 fully saturated rings. The van der Waals surface area contributed by atoms with Crippen molar-refractivity contribution in [1.82, 2.24) is 9.88 Å². The van der Waals surface area contributed by atoms with Crippen LogP contribution in [0.2, 0.25) is 5.02 Å². The van der Waals surface area contributed by atoms with Crippen LogP contribution in [0.25, 0.3) is 10.8 Å². The maximum absolute atomic E-state index is 14.2. The highest BCUT2D eigenvalue weighted by atomic mass is 35.5. The molecule has 0 unspecified atom stereocenters. The van der Waals surface area contributed by atoms with Crippen molar-refractivity contribution in [1.29, 1.82) is 0 Å². The highest BCUT2D eigenvalue weighted by molar-refractivity contribution is 6.32. The molecule has 0 aliphatic carbocycles. The summed E-state index contributed by atoms with van der Waals surface area (Å²) in [5.41, 5.74) is 0.740. The van der Waals surface area contributed by atoms with E-state index in [0.717, 1.165) is 36.3 Å². The Morgan fingerprint density at radius 1 is 1.29 bits per heavy atom. The van der Waals surface area contributed by atoms with E-state index in [-0.39, 0.29) is 6.61 Å². The Hall–Kier alpha value is -1.23. The number of likely N-dealkylation sites (tertiary alicyclic amines) is 1. The van der Waals surface area contributed by atoms with Crippen molar-refractivity contribution < 1.29 is 9.13 Å². The van der Waals surface area contributed by atoms with Crippen LogP contribution in [0.5, 0.6) is 0 Å². The molecular formula is C19H22ClFN2O. The third kappa shape index (κ3) is 2.71. The number of nitrogens with zero attached hydrogens (tertiary/aromatic N) is 2. The molecule has 0 saturated carbocycles. The second-order valence-electron chi connectivity index (χ2n) is 7.20. The van der Waals surface area contributed by atoms with Crippen LogP contribution in [-0.4, -0.2) is 47.9 Å². The van der Waals surface area contributed by atoms with Crippen LogP contribution in [0.15, 0.2) is 30.6 Å². The van der Waals surface area contributed by atoms with E-state index < -0.39 is 11.7 Å². The lowest BCUT2D eigenvalue weighted by molar-refractivity contribution is 0.0298. The normalized spacial score (nSPS) is 29.4. The van der Waals surface area contributed by atoms with E-state index >= 15 is 0 Å². The zero-order chi connectivity index (χ0) is 16.7. The average Bonchev–Trinajstić information content (AvgIpc) is 2.94. The highest BCUT2D eigenvalue weighted by Crippen LogP contribution is 2.38. The second kappa shape index (κ2) is 6.25. The van der Waals surface area contributed by atoms with Crippen LogP contribution in [-0.2, 0) is 4.74 Å². The quantitative estimate of drug-likeness (QED) is 0.813. The van der Waals surface area contributed by atoms with Gasteiger partial charge in [-0.1, -0.05) is 11.6 Å². The summed E-state index contributed by atoms with van der Waals surface area (Å²) in [5.74, 6) is 0.426. The summed E-state index contributed by atoms with van der Waals surface area (Å²) in [4.78, 5) is 6.42. The molecule has 2 aliphatic heterocycles. The van der Waals surface area contributed by atoms with E-state index in [1.807, 2.05) is 31.5 Å². The van der Waals surface area contributed by atoms with E-state index in [4.69, 9.17) is 16.3 Å². The number of fused-ring (bicyclic) bond motifs is 1. The third-order valence-electron chi connectivity index (χ3n) is 5.75. The van der Waals surface area contributed by atoms with Gasteiger partial charge in [-0.2, -0.15) is 0 Å². The summed E-state index contributed by atoms with van der Waals surface area (Å²) in [7, 11) is 0. The van der Waals surface area contributed by atoms with Gasteiger partial charge in [-0.05, 0) is 67.9 Å². The minimum Gasteiger partial charge on any atom is -0.376 e. The molecule has 3 heterocycles. The molecular weight excluding hydrogens is 327 g/mol. The Bertz CT molecular complexity index is 747. The van der Waals surface area contributed by atoms with E-state index in [1.165, 1.54) is 10.9 Å². The lowest BCUT2D eigenvalue weighted by Crippen LogP contribution is -2.55. The molecule has 2 saturated heterocycles. The van der Waals surface area contributed by atoms with Gasteiger partial charge in [0.2, 0.25) is 0 Å². The van der Waals surface area contributed by atoms with Crippen LogP contribution in [0.1, 0.15) is 31.2 Å². The van der Waals surface area contributed by atoms with Gasteiger partial charge in [0.15, 0.2) is 0 Å². The van der Waals surface area contributed by atoms with Gasteiger partial charge in [0, 0.05) is 22.8 Å². The maximum Gasteiger partial charge on any atom is 0.144 e. The molecule has 0 N–H and O–H groups in total. The Kier molecular flexibility index (Phi) is 4.23. The van der Waals surface area contributed by atoms with Gasteiger partial charge in [-0.15, -0.1) is 0 Å². The molecule has 128 valence electrons. The van der Waals surface area contributed by atoms with Crippen molar-refractivity contribution in [2.75, 3.05) is 26.3 Å². The Morgan fingerprint density at radius 2 is 2.08 bits per heavy atom. The first kappa shape index (κ1) is 16.2. The number of aromatic nitrogens is 1. The molecule has 1 aromatic carbocycles. The number of benzene rings is 1. The third-order valence-corrected chi connectivity index (χ3v) is 6.07. The van der Waals surface area contributed by atoms with Gasteiger partial charge < -0.3 is 4.74 Å². The lowest BCUT2D eigenvalue weighted by atomic mass is 9.85. The fraction of sp³-hybridized carbons (Fsp3) is 0.526. The summed E-state index contributed by atoms with van der Waals surface area (Å²) in [5, 5.41) is 3.05. The minimum atomic E-state index is -0.897. The first-order valence-corrected chi connectivity index (χ1v) is 8.96. The van der Waals surface area contributed by atoms with E-state index in [1.54, 1.807) is 0 Å². The summed E-state index contributed by atoms with van der Waals surface area (Å²) in [6.45, 7) is 4.47. The number of halogens is 2. The molecule has 0 spiro atoms.